The molecule has 0 fully saturated rings. The van der Waals surface area contributed by atoms with Crippen molar-refractivity contribution in [3.63, 3.8) is 0 Å². The van der Waals surface area contributed by atoms with Gasteiger partial charge in [0, 0.05) is 12.6 Å². The van der Waals surface area contributed by atoms with Crippen LogP contribution in [0.2, 0.25) is 0 Å². The molecule has 1 aromatic rings. The highest BCUT2D eigenvalue weighted by Crippen LogP contribution is 2.27. The Bertz CT molecular complexity index is 392. The quantitative estimate of drug-likeness (QED) is 0.679. The number of pyridine rings is 1. The predicted octanol–water partition coefficient (Wildman–Crippen LogP) is 0.197. The first kappa shape index (κ1) is 9.92. The van der Waals surface area contributed by atoms with Gasteiger partial charge >= 0.3 is 5.97 Å². The van der Waals surface area contributed by atoms with E-state index >= 15 is 0 Å². The highest BCUT2D eigenvalue weighted by molar-refractivity contribution is 5.96. The van der Waals surface area contributed by atoms with Crippen molar-refractivity contribution < 1.29 is 14.6 Å². The molecule has 1 atom stereocenters. The molecule has 0 saturated carbocycles. The summed E-state index contributed by atoms with van der Waals surface area (Å²) >= 11 is 0. The number of nitrogens with zero attached hydrogens (tertiary/aromatic N) is 1. The topological polar surface area (TPSA) is 71.5 Å². The number of methoxy groups -OCH3 is 1. The first-order valence-corrected chi connectivity index (χ1v) is 4.70. The van der Waals surface area contributed by atoms with Crippen LogP contribution in [-0.4, -0.2) is 35.8 Å². The average molecular weight is 208 g/mol. The number of ether oxygens (including phenoxy) is 1. The third-order valence-electron chi connectivity index (χ3n) is 2.44. The van der Waals surface area contributed by atoms with Gasteiger partial charge in [0.2, 0.25) is 0 Å². The third-order valence-corrected chi connectivity index (χ3v) is 2.44. The summed E-state index contributed by atoms with van der Waals surface area (Å²) in [6.45, 7) is 0.0248. The summed E-state index contributed by atoms with van der Waals surface area (Å²) in [5.74, 6) is -0.389. The number of anilines is 1. The number of nitrogens with one attached hydrogen (secondary N) is 1. The van der Waals surface area contributed by atoms with Gasteiger partial charge in [-0.1, -0.05) is 0 Å². The number of esters is 1. The zero-order chi connectivity index (χ0) is 10.8. The van der Waals surface area contributed by atoms with Gasteiger partial charge in [-0.25, -0.2) is 4.79 Å². The van der Waals surface area contributed by atoms with E-state index in [0.29, 0.717) is 17.7 Å². The van der Waals surface area contributed by atoms with Gasteiger partial charge in [-0.05, 0) is 6.07 Å². The number of aliphatic hydroxyl groups excluding tert-OH is 1. The van der Waals surface area contributed by atoms with Crippen LogP contribution in [0.25, 0.3) is 0 Å². The Hall–Kier alpha value is -1.62. The van der Waals surface area contributed by atoms with Crippen LogP contribution in [0.1, 0.15) is 16.1 Å². The molecule has 5 nitrogen and oxygen atoms in total. The van der Waals surface area contributed by atoms with Crippen molar-refractivity contribution in [2.45, 2.75) is 12.5 Å². The van der Waals surface area contributed by atoms with Gasteiger partial charge in [0.15, 0.2) is 0 Å². The van der Waals surface area contributed by atoms with E-state index in [4.69, 9.17) is 5.11 Å². The molecule has 1 aliphatic heterocycles. The van der Waals surface area contributed by atoms with Crippen LogP contribution in [0.15, 0.2) is 12.3 Å². The zero-order valence-corrected chi connectivity index (χ0v) is 8.36. The highest BCUT2D eigenvalue weighted by atomic mass is 16.5. The number of carbonyl (C=O) groups excluding carboxylic acids is 1. The normalized spacial score (nSPS) is 18.1. The maximum Gasteiger partial charge on any atom is 0.340 e. The molecule has 2 heterocycles. The monoisotopic (exact) mass is 208 g/mol. The molecule has 1 aromatic heterocycles. The fourth-order valence-electron chi connectivity index (χ4n) is 1.70. The van der Waals surface area contributed by atoms with E-state index < -0.39 is 0 Å². The third kappa shape index (κ3) is 1.66. The number of fused-ring (bicyclic) bond motifs is 1. The molecular weight excluding hydrogens is 196 g/mol. The summed E-state index contributed by atoms with van der Waals surface area (Å²) in [5, 5.41) is 12.1. The molecule has 1 aliphatic rings. The summed E-state index contributed by atoms with van der Waals surface area (Å²) in [4.78, 5) is 15.6. The van der Waals surface area contributed by atoms with Crippen LogP contribution < -0.4 is 5.32 Å². The van der Waals surface area contributed by atoms with E-state index in [1.54, 1.807) is 12.3 Å². The number of hydrogen-bond donors (Lipinski definition) is 2. The van der Waals surface area contributed by atoms with Crippen molar-refractivity contribution in [1.29, 1.82) is 0 Å². The van der Waals surface area contributed by atoms with E-state index in [1.165, 1.54) is 7.11 Å². The molecule has 15 heavy (non-hydrogen) atoms. The van der Waals surface area contributed by atoms with Crippen LogP contribution in [-0.2, 0) is 11.2 Å². The Labute approximate surface area is 87.1 Å². The smallest absolute Gasteiger partial charge is 0.340 e. The lowest BCUT2D eigenvalue weighted by atomic mass is 10.1. The fraction of sp³-hybridized carbons (Fsp3) is 0.400. The minimum absolute atomic E-state index is 0.0248. The second-order valence-corrected chi connectivity index (χ2v) is 3.40. The summed E-state index contributed by atoms with van der Waals surface area (Å²) in [6.07, 6.45) is 2.21. The minimum Gasteiger partial charge on any atom is -0.465 e. The molecule has 0 bridgehead atoms. The molecule has 0 saturated heterocycles. The van der Waals surface area contributed by atoms with Crippen molar-refractivity contribution in [1.82, 2.24) is 4.98 Å². The Kier molecular flexibility index (Phi) is 2.55. The molecule has 2 N–H and O–H groups in total. The van der Waals surface area contributed by atoms with E-state index in [9.17, 15) is 4.79 Å². The van der Waals surface area contributed by atoms with Gasteiger partial charge in [0.1, 0.15) is 0 Å². The van der Waals surface area contributed by atoms with Gasteiger partial charge < -0.3 is 15.2 Å². The number of rotatable bonds is 2. The molecule has 2 rings (SSSR count). The van der Waals surface area contributed by atoms with Crippen LogP contribution >= 0.6 is 0 Å². The second kappa shape index (κ2) is 3.86. The van der Waals surface area contributed by atoms with Gasteiger partial charge in [0.05, 0.1) is 36.7 Å². The highest BCUT2D eigenvalue weighted by Gasteiger charge is 2.26. The standard InChI is InChI=1S/C10H12N2O3/c1-15-10(14)7-2-3-11-8-4-6(5-13)12-9(7)8/h2-3,6,12-13H,4-5H2,1H3. The second-order valence-electron chi connectivity index (χ2n) is 3.40. The van der Waals surface area contributed by atoms with Gasteiger partial charge in [-0.3, -0.25) is 4.98 Å². The van der Waals surface area contributed by atoms with E-state index in [1.807, 2.05) is 0 Å². The van der Waals surface area contributed by atoms with Crippen molar-refractivity contribution in [3.8, 4) is 0 Å². The van der Waals surface area contributed by atoms with Crippen molar-refractivity contribution in [2.75, 3.05) is 19.0 Å². The lowest BCUT2D eigenvalue weighted by molar-refractivity contribution is 0.0601. The van der Waals surface area contributed by atoms with E-state index in [2.05, 4.69) is 15.0 Å². The van der Waals surface area contributed by atoms with E-state index in [0.717, 1.165) is 5.69 Å². The Morgan fingerprint density at radius 2 is 2.60 bits per heavy atom. The van der Waals surface area contributed by atoms with Gasteiger partial charge in [-0.2, -0.15) is 0 Å². The largest absolute Gasteiger partial charge is 0.465 e. The number of aliphatic hydroxyl groups is 1. The van der Waals surface area contributed by atoms with Gasteiger partial charge in [0.25, 0.3) is 0 Å². The van der Waals surface area contributed by atoms with Crippen molar-refractivity contribution in [2.24, 2.45) is 0 Å². The maximum atomic E-state index is 11.4. The summed E-state index contributed by atoms with van der Waals surface area (Å²) in [5.41, 5.74) is 1.96. The van der Waals surface area contributed by atoms with E-state index in [-0.39, 0.29) is 18.6 Å². The lowest BCUT2D eigenvalue weighted by Gasteiger charge is -2.08. The SMILES string of the molecule is COC(=O)c1ccnc2c1NC(CO)C2. The molecule has 0 aromatic carbocycles. The molecule has 80 valence electrons. The molecule has 5 heteroatoms. The molecule has 0 amide bonds. The Morgan fingerprint density at radius 3 is 3.27 bits per heavy atom. The van der Waals surface area contributed by atoms with Crippen molar-refractivity contribution >= 4 is 11.7 Å². The average Bonchev–Trinajstić information content (AvgIpc) is 2.70. The fourth-order valence-corrected chi connectivity index (χ4v) is 1.70. The van der Waals surface area contributed by atoms with Crippen LogP contribution in [0.5, 0.6) is 0 Å². The summed E-state index contributed by atoms with van der Waals surface area (Å²) < 4.78 is 4.66. The van der Waals surface area contributed by atoms with Crippen LogP contribution in [0, 0.1) is 0 Å². The molecule has 0 aliphatic carbocycles. The number of aromatic nitrogens is 1. The first-order valence-electron chi connectivity index (χ1n) is 4.70. The predicted molar refractivity (Wildman–Crippen MR) is 53.8 cm³/mol. The first-order chi connectivity index (χ1) is 7.26. The molecule has 0 radical (unpaired) electrons. The van der Waals surface area contributed by atoms with Crippen LogP contribution in [0.3, 0.4) is 0 Å². The summed E-state index contributed by atoms with van der Waals surface area (Å²) in [6, 6.07) is 1.55. The number of hydrogen-bond acceptors (Lipinski definition) is 5. The summed E-state index contributed by atoms with van der Waals surface area (Å²) in [7, 11) is 1.34. The Balaban J connectivity index is 2.37. The molecular formula is C10H12N2O3. The van der Waals surface area contributed by atoms with Gasteiger partial charge in [-0.15, -0.1) is 0 Å². The van der Waals surface area contributed by atoms with Crippen LogP contribution in [0.4, 0.5) is 5.69 Å². The lowest BCUT2D eigenvalue weighted by Crippen LogP contribution is -2.20. The molecule has 0 spiro atoms. The molecule has 1 unspecified atom stereocenters. The number of carbonyl (C=O) groups is 1. The van der Waals surface area contributed by atoms with Crippen molar-refractivity contribution in [3.05, 3.63) is 23.5 Å². The zero-order valence-electron chi connectivity index (χ0n) is 8.36. The Morgan fingerprint density at radius 1 is 1.80 bits per heavy atom. The maximum absolute atomic E-state index is 11.4. The minimum atomic E-state index is -0.389.